The summed E-state index contributed by atoms with van der Waals surface area (Å²) in [6, 6.07) is 22.8. The lowest BCUT2D eigenvalue weighted by Crippen LogP contribution is -2.38. The van der Waals surface area contributed by atoms with Crippen LogP contribution in [0.2, 0.25) is 0 Å². The first-order chi connectivity index (χ1) is 16.4. The van der Waals surface area contributed by atoms with Gasteiger partial charge in [-0.15, -0.1) is 0 Å². The fourth-order valence-electron chi connectivity index (χ4n) is 3.81. The van der Waals surface area contributed by atoms with Crippen molar-refractivity contribution < 1.29 is 17.9 Å². The number of anilines is 1. The minimum absolute atomic E-state index is 0.0462. The normalized spacial score (nSPS) is 12.2. The number of para-hydroxylation sites is 2. The summed E-state index contributed by atoms with van der Waals surface area (Å²) >= 11 is 0. The van der Waals surface area contributed by atoms with Crippen molar-refractivity contribution in [1.29, 1.82) is 0 Å². The molecule has 3 aromatic carbocycles. The van der Waals surface area contributed by atoms with Crippen molar-refractivity contribution >= 4 is 21.6 Å². The molecule has 34 heavy (non-hydrogen) atoms. The summed E-state index contributed by atoms with van der Waals surface area (Å²) in [4.78, 5) is 15.1. The Hall–Kier alpha value is -3.36. The van der Waals surface area contributed by atoms with Gasteiger partial charge in [0.2, 0.25) is 0 Å². The zero-order chi connectivity index (χ0) is 24.6. The van der Waals surface area contributed by atoms with Gasteiger partial charge < -0.3 is 10.1 Å². The van der Waals surface area contributed by atoms with Gasteiger partial charge in [-0.3, -0.25) is 14.4 Å². The molecule has 0 saturated heterocycles. The summed E-state index contributed by atoms with van der Waals surface area (Å²) in [6.07, 6.45) is 0. The second kappa shape index (κ2) is 11.7. The van der Waals surface area contributed by atoms with E-state index in [0.717, 1.165) is 18.7 Å². The monoisotopic (exact) mass is 481 g/mol. The van der Waals surface area contributed by atoms with Crippen molar-refractivity contribution in [1.82, 2.24) is 10.2 Å². The first-order valence-electron chi connectivity index (χ1n) is 11.2. The maximum absolute atomic E-state index is 12.8. The minimum atomic E-state index is -3.84. The van der Waals surface area contributed by atoms with Crippen LogP contribution in [0, 0.1) is 0 Å². The van der Waals surface area contributed by atoms with E-state index in [1.807, 2.05) is 18.2 Å². The van der Waals surface area contributed by atoms with Crippen molar-refractivity contribution in [3.8, 4) is 5.75 Å². The molecule has 8 heteroatoms. The molecule has 1 unspecified atom stereocenters. The molecule has 0 spiro atoms. The summed E-state index contributed by atoms with van der Waals surface area (Å²) in [6.45, 7) is 6.36. The standard InChI is InChI=1S/C26H31N3O4S/c1-4-29(5-2)24(20-11-7-6-8-12-20)19-27-26(30)21-15-17-22(18-16-21)34(31,32)28-23-13-9-10-14-25(23)33-3/h6-18,24,28H,4-5,19H2,1-3H3,(H,27,30). The molecule has 0 heterocycles. The van der Waals surface area contributed by atoms with Gasteiger partial charge in [0.25, 0.3) is 15.9 Å². The van der Waals surface area contributed by atoms with Crippen LogP contribution in [0.3, 0.4) is 0 Å². The lowest BCUT2D eigenvalue weighted by Gasteiger charge is -2.30. The summed E-state index contributed by atoms with van der Waals surface area (Å²) in [5, 5.41) is 3.00. The van der Waals surface area contributed by atoms with Gasteiger partial charge in [0.05, 0.1) is 23.7 Å². The van der Waals surface area contributed by atoms with E-state index in [-0.39, 0.29) is 16.8 Å². The lowest BCUT2D eigenvalue weighted by atomic mass is 10.0. The number of benzene rings is 3. The van der Waals surface area contributed by atoms with E-state index in [1.54, 1.807) is 24.3 Å². The topological polar surface area (TPSA) is 87.7 Å². The fourth-order valence-corrected chi connectivity index (χ4v) is 4.88. The maximum Gasteiger partial charge on any atom is 0.262 e. The SMILES string of the molecule is CCN(CC)C(CNC(=O)c1ccc(S(=O)(=O)Nc2ccccc2OC)cc1)c1ccccc1. The lowest BCUT2D eigenvalue weighted by molar-refractivity contribution is 0.0935. The number of carbonyl (C=O) groups excluding carboxylic acids is 1. The number of hydrogen-bond donors (Lipinski definition) is 2. The molecule has 0 bridgehead atoms. The van der Waals surface area contributed by atoms with E-state index in [1.165, 1.54) is 31.4 Å². The van der Waals surface area contributed by atoms with Gasteiger partial charge in [-0.1, -0.05) is 56.3 Å². The van der Waals surface area contributed by atoms with Gasteiger partial charge in [0.1, 0.15) is 5.75 Å². The fraction of sp³-hybridized carbons (Fsp3) is 0.269. The first kappa shape index (κ1) is 25.3. The maximum atomic E-state index is 12.8. The summed E-state index contributed by atoms with van der Waals surface area (Å²) < 4.78 is 33.3. The van der Waals surface area contributed by atoms with Gasteiger partial charge in [-0.05, 0) is 55.1 Å². The highest BCUT2D eigenvalue weighted by atomic mass is 32.2. The van der Waals surface area contributed by atoms with Crippen LogP contribution >= 0.6 is 0 Å². The molecular weight excluding hydrogens is 450 g/mol. The molecule has 2 N–H and O–H groups in total. The van der Waals surface area contributed by atoms with Crippen molar-refractivity contribution in [2.24, 2.45) is 0 Å². The van der Waals surface area contributed by atoms with Gasteiger partial charge in [-0.2, -0.15) is 0 Å². The first-order valence-corrected chi connectivity index (χ1v) is 12.7. The van der Waals surface area contributed by atoms with Crippen LogP contribution in [0.25, 0.3) is 0 Å². The molecule has 0 aliphatic heterocycles. The average Bonchev–Trinajstić information content (AvgIpc) is 2.87. The Labute approximate surface area is 201 Å². The molecule has 3 rings (SSSR count). The number of nitrogens with zero attached hydrogens (tertiary/aromatic N) is 1. The van der Waals surface area contributed by atoms with E-state index in [2.05, 4.69) is 40.9 Å². The third-order valence-electron chi connectivity index (χ3n) is 5.67. The Morgan fingerprint density at radius 2 is 1.53 bits per heavy atom. The van der Waals surface area contributed by atoms with E-state index in [4.69, 9.17) is 4.74 Å². The van der Waals surface area contributed by atoms with E-state index in [9.17, 15) is 13.2 Å². The molecule has 0 radical (unpaired) electrons. The number of carbonyl (C=O) groups is 1. The van der Waals surface area contributed by atoms with E-state index in [0.29, 0.717) is 23.5 Å². The number of rotatable bonds is 11. The average molecular weight is 482 g/mol. The van der Waals surface area contributed by atoms with Crippen LogP contribution in [0.15, 0.2) is 83.8 Å². The third-order valence-corrected chi connectivity index (χ3v) is 7.05. The molecule has 1 amide bonds. The van der Waals surface area contributed by atoms with Crippen LogP contribution in [0.5, 0.6) is 5.75 Å². The van der Waals surface area contributed by atoms with Crippen molar-refractivity contribution in [2.75, 3.05) is 31.5 Å². The molecule has 0 saturated carbocycles. The van der Waals surface area contributed by atoms with Crippen LogP contribution in [0.4, 0.5) is 5.69 Å². The van der Waals surface area contributed by atoms with Gasteiger partial charge in [0, 0.05) is 12.1 Å². The Balaban J connectivity index is 1.70. The molecule has 0 aliphatic rings. The van der Waals surface area contributed by atoms with Crippen molar-refractivity contribution in [3.05, 3.63) is 90.0 Å². The smallest absolute Gasteiger partial charge is 0.262 e. The van der Waals surface area contributed by atoms with Gasteiger partial charge in [-0.25, -0.2) is 8.42 Å². The van der Waals surface area contributed by atoms with Crippen LogP contribution in [0.1, 0.15) is 35.8 Å². The number of likely N-dealkylation sites (N-methyl/N-ethyl adjacent to an activating group) is 1. The minimum Gasteiger partial charge on any atom is -0.495 e. The van der Waals surface area contributed by atoms with Crippen LogP contribution in [-0.4, -0.2) is 46.0 Å². The number of sulfonamides is 1. The second-order valence-electron chi connectivity index (χ2n) is 7.69. The Kier molecular flexibility index (Phi) is 8.67. The number of nitrogens with one attached hydrogen (secondary N) is 2. The molecular formula is C26H31N3O4S. The molecule has 180 valence electrons. The number of ether oxygens (including phenoxy) is 1. The number of methoxy groups -OCH3 is 1. The number of hydrogen-bond acceptors (Lipinski definition) is 5. The summed E-state index contributed by atoms with van der Waals surface area (Å²) in [5.41, 5.74) is 1.87. The highest BCUT2D eigenvalue weighted by molar-refractivity contribution is 7.92. The van der Waals surface area contributed by atoms with Gasteiger partial charge in [0.15, 0.2) is 0 Å². The molecule has 0 aliphatic carbocycles. The molecule has 1 atom stereocenters. The second-order valence-corrected chi connectivity index (χ2v) is 9.37. The predicted octanol–water partition coefficient (Wildman–Crippen LogP) is 4.31. The highest BCUT2D eigenvalue weighted by Crippen LogP contribution is 2.26. The Morgan fingerprint density at radius 3 is 2.15 bits per heavy atom. The Bertz CT molecular complexity index is 1180. The quantitative estimate of drug-likeness (QED) is 0.426. The van der Waals surface area contributed by atoms with E-state index < -0.39 is 10.0 Å². The summed E-state index contributed by atoms with van der Waals surface area (Å²) in [5.74, 6) is 0.165. The molecule has 7 nitrogen and oxygen atoms in total. The van der Waals surface area contributed by atoms with E-state index >= 15 is 0 Å². The Morgan fingerprint density at radius 1 is 0.912 bits per heavy atom. The van der Waals surface area contributed by atoms with Crippen molar-refractivity contribution in [2.45, 2.75) is 24.8 Å². The van der Waals surface area contributed by atoms with Crippen molar-refractivity contribution in [3.63, 3.8) is 0 Å². The molecule has 3 aromatic rings. The zero-order valence-electron chi connectivity index (χ0n) is 19.7. The van der Waals surface area contributed by atoms with Crippen LogP contribution in [-0.2, 0) is 10.0 Å². The molecule has 0 fully saturated rings. The zero-order valence-corrected chi connectivity index (χ0v) is 20.5. The largest absolute Gasteiger partial charge is 0.495 e. The molecule has 0 aromatic heterocycles. The van der Waals surface area contributed by atoms with Gasteiger partial charge >= 0.3 is 0 Å². The summed E-state index contributed by atoms with van der Waals surface area (Å²) in [7, 11) is -2.36. The predicted molar refractivity (Wildman–Crippen MR) is 135 cm³/mol. The number of amides is 1. The van der Waals surface area contributed by atoms with Crippen LogP contribution < -0.4 is 14.8 Å². The highest BCUT2D eigenvalue weighted by Gasteiger charge is 2.20. The third kappa shape index (κ3) is 6.15.